The number of nitrogens with one attached hydrogen (secondary N) is 1. The Morgan fingerprint density at radius 3 is 2.80 bits per heavy atom. The van der Waals surface area contributed by atoms with Crippen molar-refractivity contribution >= 4 is 27.7 Å². The SMILES string of the molecule is CN(C)c1ncc(Br)cc1C(=O)NC1CCCCC1O. The summed E-state index contributed by atoms with van der Waals surface area (Å²) in [6.45, 7) is 0. The van der Waals surface area contributed by atoms with Crippen molar-refractivity contribution in [3.8, 4) is 0 Å². The van der Waals surface area contributed by atoms with Crippen molar-refractivity contribution in [2.24, 2.45) is 0 Å². The predicted molar refractivity (Wildman–Crippen MR) is 82.0 cm³/mol. The van der Waals surface area contributed by atoms with Crippen LogP contribution in [-0.2, 0) is 0 Å². The lowest BCUT2D eigenvalue weighted by molar-refractivity contribution is 0.0717. The van der Waals surface area contributed by atoms with Gasteiger partial charge >= 0.3 is 0 Å². The number of pyridine rings is 1. The van der Waals surface area contributed by atoms with Crippen LogP contribution in [0.2, 0.25) is 0 Å². The molecule has 1 fully saturated rings. The zero-order valence-electron chi connectivity index (χ0n) is 11.8. The Kier molecular flexibility index (Phi) is 4.99. The van der Waals surface area contributed by atoms with Gasteiger partial charge in [0, 0.05) is 24.8 Å². The molecule has 2 rings (SSSR count). The minimum atomic E-state index is -0.449. The molecule has 1 aromatic rings. The largest absolute Gasteiger partial charge is 0.391 e. The Morgan fingerprint density at radius 1 is 1.45 bits per heavy atom. The Bertz CT molecular complexity index is 493. The summed E-state index contributed by atoms with van der Waals surface area (Å²) in [6, 6.07) is 1.60. The number of aliphatic hydroxyl groups is 1. The van der Waals surface area contributed by atoms with Gasteiger partial charge < -0.3 is 15.3 Å². The molecule has 20 heavy (non-hydrogen) atoms. The predicted octanol–water partition coefficient (Wildman–Crippen LogP) is 1.94. The molecule has 2 N–H and O–H groups in total. The first-order chi connectivity index (χ1) is 9.49. The van der Waals surface area contributed by atoms with Crippen molar-refractivity contribution in [1.29, 1.82) is 0 Å². The third-order valence-corrected chi connectivity index (χ3v) is 3.98. The third kappa shape index (κ3) is 3.49. The van der Waals surface area contributed by atoms with Crippen molar-refractivity contribution in [3.63, 3.8) is 0 Å². The van der Waals surface area contributed by atoms with Gasteiger partial charge in [0.1, 0.15) is 5.82 Å². The van der Waals surface area contributed by atoms with E-state index in [-0.39, 0.29) is 11.9 Å². The average molecular weight is 342 g/mol. The number of carbonyl (C=O) groups excluding carboxylic acids is 1. The van der Waals surface area contributed by atoms with Crippen LogP contribution in [0.1, 0.15) is 36.0 Å². The summed E-state index contributed by atoms with van der Waals surface area (Å²) < 4.78 is 0.762. The minimum Gasteiger partial charge on any atom is -0.391 e. The zero-order chi connectivity index (χ0) is 14.7. The molecule has 1 aliphatic carbocycles. The Labute approximate surface area is 127 Å². The number of hydrogen-bond donors (Lipinski definition) is 2. The number of hydrogen-bond acceptors (Lipinski definition) is 4. The minimum absolute atomic E-state index is 0.162. The standard InChI is InChI=1S/C14H20BrN3O2/c1-18(2)13-10(7-9(15)8-16-13)14(20)17-11-5-3-4-6-12(11)19/h7-8,11-12,19H,3-6H2,1-2H3,(H,17,20). The van der Waals surface area contributed by atoms with Crippen molar-refractivity contribution in [1.82, 2.24) is 10.3 Å². The van der Waals surface area contributed by atoms with Gasteiger partial charge in [-0.05, 0) is 34.8 Å². The molecule has 1 aromatic heterocycles. The maximum atomic E-state index is 12.4. The van der Waals surface area contributed by atoms with E-state index in [1.807, 2.05) is 14.1 Å². The Hall–Kier alpha value is -1.14. The van der Waals surface area contributed by atoms with E-state index in [0.29, 0.717) is 11.4 Å². The quantitative estimate of drug-likeness (QED) is 0.881. The van der Waals surface area contributed by atoms with E-state index in [1.54, 1.807) is 17.2 Å². The van der Waals surface area contributed by atoms with E-state index in [4.69, 9.17) is 0 Å². The molecule has 0 spiro atoms. The number of aromatic nitrogens is 1. The van der Waals surface area contributed by atoms with Crippen LogP contribution in [0.25, 0.3) is 0 Å². The van der Waals surface area contributed by atoms with Crippen LogP contribution in [0, 0.1) is 0 Å². The molecule has 0 radical (unpaired) electrons. The molecule has 1 heterocycles. The second-order valence-corrected chi connectivity index (χ2v) is 6.27. The Balaban J connectivity index is 2.18. The van der Waals surface area contributed by atoms with E-state index < -0.39 is 6.10 Å². The highest BCUT2D eigenvalue weighted by Crippen LogP contribution is 2.22. The van der Waals surface area contributed by atoms with Crippen molar-refractivity contribution in [2.45, 2.75) is 37.8 Å². The summed E-state index contributed by atoms with van der Waals surface area (Å²) in [4.78, 5) is 18.5. The maximum absolute atomic E-state index is 12.4. The van der Waals surface area contributed by atoms with Crippen molar-refractivity contribution < 1.29 is 9.90 Å². The zero-order valence-corrected chi connectivity index (χ0v) is 13.4. The van der Waals surface area contributed by atoms with E-state index in [1.165, 1.54) is 0 Å². The van der Waals surface area contributed by atoms with Crippen molar-refractivity contribution in [2.75, 3.05) is 19.0 Å². The molecule has 6 heteroatoms. The lowest BCUT2D eigenvalue weighted by Gasteiger charge is -2.28. The first-order valence-corrected chi connectivity index (χ1v) is 7.60. The van der Waals surface area contributed by atoms with Gasteiger partial charge in [-0.2, -0.15) is 0 Å². The molecule has 2 unspecified atom stereocenters. The summed E-state index contributed by atoms with van der Waals surface area (Å²) in [7, 11) is 3.70. The average Bonchev–Trinajstić information content (AvgIpc) is 2.40. The molecule has 110 valence electrons. The van der Waals surface area contributed by atoms with Crippen LogP contribution in [0.3, 0.4) is 0 Å². The highest BCUT2D eigenvalue weighted by Gasteiger charge is 2.26. The van der Waals surface area contributed by atoms with Gasteiger partial charge in [-0.3, -0.25) is 4.79 Å². The molecule has 1 amide bonds. The van der Waals surface area contributed by atoms with E-state index in [2.05, 4.69) is 26.2 Å². The summed E-state index contributed by atoms with van der Waals surface area (Å²) in [5.41, 5.74) is 0.516. The number of amides is 1. The molecule has 0 aromatic carbocycles. The number of rotatable bonds is 3. The number of halogens is 1. The van der Waals surface area contributed by atoms with Gasteiger partial charge in [0.05, 0.1) is 17.7 Å². The van der Waals surface area contributed by atoms with Crippen LogP contribution >= 0.6 is 15.9 Å². The normalized spacial score (nSPS) is 22.4. The fraction of sp³-hybridized carbons (Fsp3) is 0.571. The van der Waals surface area contributed by atoms with Crippen LogP contribution in [0.15, 0.2) is 16.7 Å². The molecular formula is C14H20BrN3O2. The van der Waals surface area contributed by atoms with E-state index in [9.17, 15) is 9.90 Å². The molecule has 1 saturated carbocycles. The lowest BCUT2D eigenvalue weighted by atomic mass is 9.92. The van der Waals surface area contributed by atoms with Crippen LogP contribution in [0.5, 0.6) is 0 Å². The van der Waals surface area contributed by atoms with E-state index >= 15 is 0 Å². The lowest BCUT2D eigenvalue weighted by Crippen LogP contribution is -2.45. The second kappa shape index (κ2) is 6.54. The highest BCUT2D eigenvalue weighted by atomic mass is 79.9. The van der Waals surface area contributed by atoms with Crippen LogP contribution in [0.4, 0.5) is 5.82 Å². The van der Waals surface area contributed by atoms with Crippen LogP contribution in [-0.4, -0.2) is 42.2 Å². The summed E-state index contributed by atoms with van der Waals surface area (Å²) >= 11 is 3.34. The number of nitrogens with zero attached hydrogens (tertiary/aromatic N) is 2. The number of carbonyl (C=O) groups is 1. The third-order valence-electron chi connectivity index (χ3n) is 3.55. The molecular weight excluding hydrogens is 322 g/mol. The first kappa shape index (κ1) is 15.3. The summed E-state index contributed by atoms with van der Waals surface area (Å²) in [5.74, 6) is 0.435. The van der Waals surface area contributed by atoms with Crippen LogP contribution < -0.4 is 10.2 Å². The first-order valence-electron chi connectivity index (χ1n) is 6.81. The van der Waals surface area contributed by atoms with E-state index in [0.717, 1.165) is 30.2 Å². The molecule has 0 aliphatic heterocycles. The van der Waals surface area contributed by atoms with Gasteiger partial charge in [0.2, 0.25) is 0 Å². The maximum Gasteiger partial charge on any atom is 0.255 e. The number of aliphatic hydroxyl groups excluding tert-OH is 1. The van der Waals surface area contributed by atoms with Gasteiger partial charge in [-0.15, -0.1) is 0 Å². The van der Waals surface area contributed by atoms with Gasteiger partial charge in [-0.25, -0.2) is 4.98 Å². The van der Waals surface area contributed by atoms with Crippen molar-refractivity contribution in [3.05, 3.63) is 22.3 Å². The molecule has 5 nitrogen and oxygen atoms in total. The molecule has 2 atom stereocenters. The summed E-state index contributed by atoms with van der Waals surface area (Å²) in [5, 5.41) is 12.9. The molecule has 0 bridgehead atoms. The molecule has 0 saturated heterocycles. The smallest absolute Gasteiger partial charge is 0.255 e. The second-order valence-electron chi connectivity index (χ2n) is 5.35. The number of anilines is 1. The fourth-order valence-electron chi connectivity index (χ4n) is 2.48. The van der Waals surface area contributed by atoms with Gasteiger partial charge in [0.25, 0.3) is 5.91 Å². The monoisotopic (exact) mass is 341 g/mol. The highest BCUT2D eigenvalue weighted by molar-refractivity contribution is 9.10. The fourth-order valence-corrected chi connectivity index (χ4v) is 2.81. The topological polar surface area (TPSA) is 65.5 Å². The van der Waals surface area contributed by atoms with Gasteiger partial charge in [-0.1, -0.05) is 12.8 Å². The Morgan fingerprint density at radius 2 is 2.15 bits per heavy atom. The summed E-state index contributed by atoms with van der Waals surface area (Å²) in [6.07, 6.45) is 4.86. The molecule has 1 aliphatic rings. The van der Waals surface area contributed by atoms with Gasteiger partial charge in [0.15, 0.2) is 0 Å².